The first-order valence-corrected chi connectivity index (χ1v) is 5.41. The summed E-state index contributed by atoms with van der Waals surface area (Å²) < 4.78 is 0.764. The highest BCUT2D eigenvalue weighted by atomic mass is 79.9. The van der Waals surface area contributed by atoms with E-state index in [4.69, 9.17) is 10.2 Å². The second kappa shape index (κ2) is 5.49. The SMILES string of the molecule is C/C(C(=O)O)=C(/Nc1cccc(Br)c1)C(=O)O. The summed E-state index contributed by atoms with van der Waals surface area (Å²) in [6.45, 7) is 1.23. The molecule has 1 aromatic carbocycles. The molecule has 5 nitrogen and oxygen atoms in total. The fourth-order valence-electron chi connectivity index (χ4n) is 1.13. The van der Waals surface area contributed by atoms with E-state index < -0.39 is 11.9 Å². The Bertz CT molecular complexity index is 496. The van der Waals surface area contributed by atoms with Crippen molar-refractivity contribution in [3.63, 3.8) is 0 Å². The summed E-state index contributed by atoms with van der Waals surface area (Å²) in [4.78, 5) is 21.7. The van der Waals surface area contributed by atoms with E-state index in [0.717, 1.165) is 4.47 Å². The van der Waals surface area contributed by atoms with Crippen LogP contribution in [0.1, 0.15) is 6.92 Å². The van der Waals surface area contributed by atoms with Gasteiger partial charge >= 0.3 is 11.9 Å². The molecule has 0 heterocycles. The Kier molecular flexibility index (Phi) is 4.28. The maximum atomic E-state index is 10.9. The number of anilines is 1. The van der Waals surface area contributed by atoms with Crippen LogP contribution >= 0.6 is 15.9 Å². The van der Waals surface area contributed by atoms with E-state index in [2.05, 4.69) is 21.2 Å². The van der Waals surface area contributed by atoms with Gasteiger partial charge in [0, 0.05) is 10.2 Å². The number of benzene rings is 1. The van der Waals surface area contributed by atoms with Gasteiger partial charge in [0.25, 0.3) is 0 Å². The van der Waals surface area contributed by atoms with Crippen LogP contribution in [0.4, 0.5) is 5.69 Å². The molecular weight excluding hydrogens is 290 g/mol. The fraction of sp³-hybridized carbons (Fsp3) is 0.0909. The van der Waals surface area contributed by atoms with Crippen LogP contribution in [0.3, 0.4) is 0 Å². The van der Waals surface area contributed by atoms with Crippen LogP contribution < -0.4 is 5.32 Å². The van der Waals surface area contributed by atoms with Crippen molar-refractivity contribution in [3.05, 3.63) is 40.0 Å². The van der Waals surface area contributed by atoms with E-state index in [1.54, 1.807) is 24.3 Å². The number of halogens is 1. The molecule has 0 aliphatic rings. The van der Waals surface area contributed by atoms with Gasteiger partial charge in [0.15, 0.2) is 0 Å². The van der Waals surface area contributed by atoms with Crippen LogP contribution in [0, 0.1) is 0 Å². The smallest absolute Gasteiger partial charge is 0.352 e. The second-order valence-electron chi connectivity index (χ2n) is 3.25. The lowest BCUT2D eigenvalue weighted by atomic mass is 10.2. The Morgan fingerprint density at radius 1 is 1.24 bits per heavy atom. The molecule has 0 saturated heterocycles. The van der Waals surface area contributed by atoms with Crippen LogP contribution in [0.25, 0.3) is 0 Å². The van der Waals surface area contributed by atoms with Gasteiger partial charge in [0.05, 0.1) is 5.57 Å². The highest BCUT2D eigenvalue weighted by molar-refractivity contribution is 9.10. The Morgan fingerprint density at radius 2 is 1.88 bits per heavy atom. The average molecular weight is 300 g/mol. The van der Waals surface area contributed by atoms with E-state index in [9.17, 15) is 9.59 Å². The number of carboxylic acid groups (broad SMARTS) is 2. The first-order valence-electron chi connectivity index (χ1n) is 4.62. The molecule has 90 valence electrons. The number of carbonyl (C=O) groups is 2. The number of nitrogens with one attached hydrogen (secondary N) is 1. The van der Waals surface area contributed by atoms with Crippen LogP contribution in [0.5, 0.6) is 0 Å². The van der Waals surface area contributed by atoms with Gasteiger partial charge in [-0.2, -0.15) is 0 Å². The number of hydrogen-bond donors (Lipinski definition) is 3. The van der Waals surface area contributed by atoms with E-state index in [1.807, 2.05) is 0 Å². The van der Waals surface area contributed by atoms with E-state index >= 15 is 0 Å². The van der Waals surface area contributed by atoms with Crippen molar-refractivity contribution in [1.82, 2.24) is 0 Å². The molecule has 0 aromatic heterocycles. The highest BCUT2D eigenvalue weighted by Crippen LogP contribution is 2.18. The zero-order valence-corrected chi connectivity index (χ0v) is 10.5. The first-order chi connectivity index (χ1) is 7.91. The highest BCUT2D eigenvalue weighted by Gasteiger charge is 2.16. The summed E-state index contributed by atoms with van der Waals surface area (Å²) in [7, 11) is 0. The maximum absolute atomic E-state index is 10.9. The molecule has 0 atom stereocenters. The summed E-state index contributed by atoms with van der Waals surface area (Å²) in [5.74, 6) is -2.59. The minimum absolute atomic E-state index is 0.252. The van der Waals surface area contributed by atoms with Gasteiger partial charge in [0.1, 0.15) is 5.70 Å². The number of carboxylic acids is 2. The predicted molar refractivity (Wildman–Crippen MR) is 65.7 cm³/mol. The molecule has 3 N–H and O–H groups in total. The third kappa shape index (κ3) is 3.60. The summed E-state index contributed by atoms with van der Waals surface area (Å²) >= 11 is 3.24. The zero-order valence-electron chi connectivity index (χ0n) is 8.90. The van der Waals surface area contributed by atoms with Crippen molar-refractivity contribution in [1.29, 1.82) is 0 Å². The van der Waals surface area contributed by atoms with Gasteiger partial charge in [-0.15, -0.1) is 0 Å². The molecule has 0 saturated carbocycles. The molecule has 6 heteroatoms. The van der Waals surface area contributed by atoms with Crippen molar-refractivity contribution in [3.8, 4) is 0 Å². The van der Waals surface area contributed by atoms with Gasteiger partial charge in [-0.25, -0.2) is 9.59 Å². The van der Waals surface area contributed by atoms with Crippen molar-refractivity contribution in [2.45, 2.75) is 6.92 Å². The molecule has 0 amide bonds. The third-order valence-electron chi connectivity index (χ3n) is 2.00. The van der Waals surface area contributed by atoms with Crippen molar-refractivity contribution >= 4 is 33.6 Å². The minimum Gasteiger partial charge on any atom is -0.478 e. The van der Waals surface area contributed by atoms with E-state index in [1.165, 1.54) is 6.92 Å². The normalized spacial score (nSPS) is 11.6. The summed E-state index contributed by atoms with van der Waals surface area (Å²) in [5, 5.41) is 20.3. The van der Waals surface area contributed by atoms with Crippen molar-refractivity contribution in [2.24, 2.45) is 0 Å². The molecule has 0 unspecified atom stereocenters. The topological polar surface area (TPSA) is 86.6 Å². The number of rotatable bonds is 4. The van der Waals surface area contributed by atoms with Crippen LogP contribution in [0.15, 0.2) is 40.0 Å². The van der Waals surface area contributed by atoms with Gasteiger partial charge in [-0.05, 0) is 25.1 Å². The maximum Gasteiger partial charge on any atom is 0.352 e. The average Bonchev–Trinajstić information content (AvgIpc) is 2.24. The lowest BCUT2D eigenvalue weighted by Crippen LogP contribution is -2.16. The monoisotopic (exact) mass is 299 g/mol. The van der Waals surface area contributed by atoms with Crippen LogP contribution in [0.2, 0.25) is 0 Å². The van der Waals surface area contributed by atoms with Gasteiger partial charge < -0.3 is 15.5 Å². The van der Waals surface area contributed by atoms with Gasteiger partial charge in [0.2, 0.25) is 0 Å². The minimum atomic E-state index is -1.31. The van der Waals surface area contributed by atoms with Gasteiger partial charge in [-0.3, -0.25) is 0 Å². The molecule has 17 heavy (non-hydrogen) atoms. The fourth-order valence-corrected chi connectivity index (χ4v) is 1.52. The lowest BCUT2D eigenvalue weighted by Gasteiger charge is -2.09. The molecule has 1 rings (SSSR count). The van der Waals surface area contributed by atoms with Crippen molar-refractivity contribution < 1.29 is 19.8 Å². The molecule has 0 spiro atoms. The summed E-state index contributed by atoms with van der Waals surface area (Å²) in [6.07, 6.45) is 0. The summed E-state index contributed by atoms with van der Waals surface area (Å²) in [5.41, 5.74) is -0.106. The third-order valence-corrected chi connectivity index (χ3v) is 2.50. The first kappa shape index (κ1) is 13.2. The number of hydrogen-bond acceptors (Lipinski definition) is 3. The Morgan fingerprint density at radius 3 is 2.35 bits per heavy atom. The molecule has 0 aliphatic carbocycles. The zero-order chi connectivity index (χ0) is 13.0. The molecule has 0 fully saturated rings. The van der Waals surface area contributed by atoms with Gasteiger partial charge in [-0.1, -0.05) is 22.0 Å². The number of aliphatic carboxylic acids is 2. The van der Waals surface area contributed by atoms with Crippen LogP contribution in [-0.2, 0) is 9.59 Å². The quantitative estimate of drug-likeness (QED) is 0.743. The standard InChI is InChI=1S/C11H10BrNO4/c1-6(10(14)15)9(11(16)17)13-8-4-2-3-7(12)5-8/h2-5,13H,1H3,(H,14,15)(H,16,17)/b9-6-. The molecule has 0 radical (unpaired) electrons. The van der Waals surface area contributed by atoms with E-state index in [0.29, 0.717) is 5.69 Å². The Balaban J connectivity index is 3.09. The van der Waals surface area contributed by atoms with Crippen molar-refractivity contribution in [2.75, 3.05) is 5.32 Å². The molecule has 0 bridgehead atoms. The largest absolute Gasteiger partial charge is 0.478 e. The predicted octanol–water partition coefficient (Wildman–Crippen LogP) is 2.30. The second-order valence-corrected chi connectivity index (χ2v) is 4.16. The molecule has 0 aliphatic heterocycles. The summed E-state index contributed by atoms with van der Waals surface area (Å²) in [6, 6.07) is 6.78. The van der Waals surface area contributed by atoms with Crippen LogP contribution in [-0.4, -0.2) is 22.2 Å². The Hall–Kier alpha value is -1.82. The Labute approximate surface area is 106 Å². The molecular formula is C11H10BrNO4. The van der Waals surface area contributed by atoms with E-state index in [-0.39, 0.29) is 11.3 Å². The molecule has 1 aromatic rings. The lowest BCUT2D eigenvalue weighted by molar-refractivity contribution is -0.135.